The maximum absolute atomic E-state index is 5.92. The van der Waals surface area contributed by atoms with Crippen molar-refractivity contribution in [2.75, 3.05) is 19.6 Å². The van der Waals surface area contributed by atoms with Crippen molar-refractivity contribution in [3.05, 3.63) is 0 Å². The summed E-state index contributed by atoms with van der Waals surface area (Å²) in [5.41, 5.74) is 6.88. The Morgan fingerprint density at radius 2 is 1.81 bits per heavy atom. The number of rotatable bonds is 8. The molecule has 0 atom stereocenters. The summed E-state index contributed by atoms with van der Waals surface area (Å²) in [6.07, 6.45) is 7.97. The SMILES string of the molecule is CCC(CC)(CN)CNCC1(CC)CCC1. The Balaban J connectivity index is 2.32. The Morgan fingerprint density at radius 3 is 2.12 bits per heavy atom. The average Bonchev–Trinajstić information content (AvgIpc) is 2.29. The number of nitrogens with one attached hydrogen (secondary N) is 1. The molecule has 0 aromatic heterocycles. The predicted molar refractivity (Wildman–Crippen MR) is 71.5 cm³/mol. The molecule has 1 rings (SSSR count). The smallest absolute Gasteiger partial charge is 0.00199 e. The van der Waals surface area contributed by atoms with Crippen molar-refractivity contribution in [3.8, 4) is 0 Å². The summed E-state index contributed by atoms with van der Waals surface area (Å²) in [5.74, 6) is 0. The van der Waals surface area contributed by atoms with Crippen LogP contribution in [0.4, 0.5) is 0 Å². The molecule has 1 aliphatic carbocycles. The van der Waals surface area contributed by atoms with Crippen LogP contribution >= 0.6 is 0 Å². The molecule has 96 valence electrons. The maximum Gasteiger partial charge on any atom is 0.00199 e. The van der Waals surface area contributed by atoms with Crippen LogP contribution in [0.1, 0.15) is 59.3 Å². The van der Waals surface area contributed by atoms with Crippen molar-refractivity contribution in [1.29, 1.82) is 0 Å². The van der Waals surface area contributed by atoms with E-state index in [0.29, 0.717) is 10.8 Å². The van der Waals surface area contributed by atoms with Gasteiger partial charge in [-0.3, -0.25) is 0 Å². The Bertz CT molecular complexity index is 179. The lowest BCUT2D eigenvalue weighted by Crippen LogP contribution is -2.45. The van der Waals surface area contributed by atoms with Crippen LogP contribution in [0.15, 0.2) is 0 Å². The fourth-order valence-electron chi connectivity index (χ4n) is 2.79. The molecule has 0 radical (unpaired) electrons. The Hall–Kier alpha value is -0.0800. The minimum Gasteiger partial charge on any atom is -0.330 e. The van der Waals surface area contributed by atoms with E-state index in [2.05, 4.69) is 26.1 Å². The Labute approximate surface area is 101 Å². The molecule has 0 heterocycles. The van der Waals surface area contributed by atoms with Crippen LogP contribution < -0.4 is 11.1 Å². The molecule has 0 aromatic carbocycles. The third-order valence-electron chi connectivity index (χ3n) is 5.10. The van der Waals surface area contributed by atoms with Gasteiger partial charge in [-0.25, -0.2) is 0 Å². The molecule has 1 saturated carbocycles. The average molecular weight is 226 g/mol. The van der Waals surface area contributed by atoms with Gasteiger partial charge in [0.25, 0.3) is 0 Å². The van der Waals surface area contributed by atoms with Gasteiger partial charge in [-0.05, 0) is 49.5 Å². The zero-order chi connectivity index (χ0) is 12.1. The first kappa shape index (κ1) is 14.0. The van der Waals surface area contributed by atoms with Gasteiger partial charge in [0.1, 0.15) is 0 Å². The Morgan fingerprint density at radius 1 is 1.19 bits per heavy atom. The highest BCUT2D eigenvalue weighted by atomic mass is 14.9. The molecule has 1 fully saturated rings. The molecule has 2 nitrogen and oxygen atoms in total. The molecule has 0 aromatic rings. The van der Waals surface area contributed by atoms with Gasteiger partial charge in [0.05, 0.1) is 0 Å². The van der Waals surface area contributed by atoms with Crippen LogP contribution in [0, 0.1) is 10.8 Å². The van der Waals surface area contributed by atoms with Crippen molar-refractivity contribution >= 4 is 0 Å². The number of hydrogen-bond donors (Lipinski definition) is 2. The van der Waals surface area contributed by atoms with Crippen LogP contribution in [0.2, 0.25) is 0 Å². The minimum atomic E-state index is 0.332. The van der Waals surface area contributed by atoms with E-state index in [1.165, 1.54) is 45.1 Å². The second-order valence-electron chi connectivity index (χ2n) is 5.72. The monoisotopic (exact) mass is 226 g/mol. The molecule has 0 aliphatic heterocycles. The summed E-state index contributed by atoms with van der Waals surface area (Å²) in [6.45, 7) is 9.96. The van der Waals surface area contributed by atoms with Gasteiger partial charge in [0, 0.05) is 13.1 Å². The van der Waals surface area contributed by atoms with Gasteiger partial charge < -0.3 is 11.1 Å². The first-order chi connectivity index (χ1) is 7.66. The second kappa shape index (κ2) is 6.02. The molecule has 16 heavy (non-hydrogen) atoms. The molecule has 3 N–H and O–H groups in total. The van der Waals surface area contributed by atoms with E-state index in [0.717, 1.165) is 13.1 Å². The maximum atomic E-state index is 5.92. The first-order valence-electron chi connectivity index (χ1n) is 7.07. The third kappa shape index (κ3) is 2.98. The summed E-state index contributed by atoms with van der Waals surface area (Å²) in [6, 6.07) is 0. The Kier molecular flexibility index (Phi) is 5.26. The molecule has 0 amide bonds. The molecule has 0 unspecified atom stereocenters. The van der Waals surface area contributed by atoms with Crippen LogP contribution in [-0.2, 0) is 0 Å². The van der Waals surface area contributed by atoms with E-state index >= 15 is 0 Å². The lowest BCUT2D eigenvalue weighted by molar-refractivity contribution is 0.115. The quantitative estimate of drug-likeness (QED) is 0.668. The van der Waals surface area contributed by atoms with Gasteiger partial charge in [-0.1, -0.05) is 27.2 Å². The minimum absolute atomic E-state index is 0.332. The van der Waals surface area contributed by atoms with Crippen molar-refractivity contribution in [2.45, 2.75) is 59.3 Å². The zero-order valence-electron chi connectivity index (χ0n) is 11.4. The lowest BCUT2D eigenvalue weighted by Gasteiger charge is -2.42. The van der Waals surface area contributed by atoms with E-state index < -0.39 is 0 Å². The fraction of sp³-hybridized carbons (Fsp3) is 1.00. The molecule has 0 saturated heterocycles. The summed E-state index contributed by atoms with van der Waals surface area (Å²) in [4.78, 5) is 0. The molecular formula is C14H30N2. The molecule has 0 bridgehead atoms. The number of nitrogens with two attached hydrogens (primary N) is 1. The van der Waals surface area contributed by atoms with Gasteiger partial charge in [0.15, 0.2) is 0 Å². The highest BCUT2D eigenvalue weighted by molar-refractivity contribution is 4.89. The molecule has 2 heteroatoms. The van der Waals surface area contributed by atoms with Crippen LogP contribution in [-0.4, -0.2) is 19.6 Å². The van der Waals surface area contributed by atoms with Crippen molar-refractivity contribution in [3.63, 3.8) is 0 Å². The lowest BCUT2D eigenvalue weighted by atomic mass is 9.67. The van der Waals surface area contributed by atoms with Gasteiger partial charge in [0.2, 0.25) is 0 Å². The van der Waals surface area contributed by atoms with Crippen molar-refractivity contribution < 1.29 is 0 Å². The highest BCUT2D eigenvalue weighted by Crippen LogP contribution is 2.43. The van der Waals surface area contributed by atoms with E-state index in [4.69, 9.17) is 5.73 Å². The molecular weight excluding hydrogens is 196 g/mol. The van der Waals surface area contributed by atoms with E-state index in [1.54, 1.807) is 0 Å². The highest BCUT2D eigenvalue weighted by Gasteiger charge is 2.35. The number of hydrogen-bond acceptors (Lipinski definition) is 2. The first-order valence-corrected chi connectivity index (χ1v) is 7.07. The summed E-state index contributed by atoms with van der Waals surface area (Å²) >= 11 is 0. The summed E-state index contributed by atoms with van der Waals surface area (Å²) in [5, 5.41) is 3.69. The fourth-order valence-corrected chi connectivity index (χ4v) is 2.79. The largest absolute Gasteiger partial charge is 0.330 e. The standard InChI is InChI=1S/C14H30N2/c1-4-13(5-2,10-15)11-16-12-14(6-3)8-7-9-14/h16H,4-12,15H2,1-3H3. The molecule has 0 spiro atoms. The van der Waals surface area contributed by atoms with Crippen LogP contribution in [0.5, 0.6) is 0 Å². The van der Waals surface area contributed by atoms with Crippen LogP contribution in [0.3, 0.4) is 0 Å². The zero-order valence-corrected chi connectivity index (χ0v) is 11.4. The van der Waals surface area contributed by atoms with E-state index in [-0.39, 0.29) is 0 Å². The third-order valence-corrected chi connectivity index (χ3v) is 5.10. The van der Waals surface area contributed by atoms with Crippen LogP contribution in [0.25, 0.3) is 0 Å². The summed E-state index contributed by atoms with van der Waals surface area (Å²) < 4.78 is 0. The van der Waals surface area contributed by atoms with Crippen molar-refractivity contribution in [2.24, 2.45) is 16.6 Å². The molecule has 1 aliphatic rings. The van der Waals surface area contributed by atoms with E-state index in [9.17, 15) is 0 Å². The topological polar surface area (TPSA) is 38.0 Å². The van der Waals surface area contributed by atoms with Gasteiger partial charge in [-0.15, -0.1) is 0 Å². The summed E-state index contributed by atoms with van der Waals surface area (Å²) in [7, 11) is 0. The van der Waals surface area contributed by atoms with E-state index in [1.807, 2.05) is 0 Å². The normalized spacial score (nSPS) is 19.5. The predicted octanol–water partition coefficient (Wildman–Crippen LogP) is 2.92. The second-order valence-corrected chi connectivity index (χ2v) is 5.72. The van der Waals surface area contributed by atoms with Gasteiger partial charge >= 0.3 is 0 Å². The van der Waals surface area contributed by atoms with Gasteiger partial charge in [-0.2, -0.15) is 0 Å². The van der Waals surface area contributed by atoms with Crippen molar-refractivity contribution in [1.82, 2.24) is 5.32 Å².